The number of anilines is 1. The molecule has 29 heavy (non-hydrogen) atoms. The fourth-order valence-corrected chi connectivity index (χ4v) is 3.51. The molecular formula is C22H23N3O4. The van der Waals surface area contributed by atoms with Crippen molar-refractivity contribution >= 4 is 11.6 Å². The van der Waals surface area contributed by atoms with Crippen LogP contribution < -0.4 is 14.4 Å². The minimum Gasteiger partial charge on any atom is -0.493 e. The van der Waals surface area contributed by atoms with Crippen molar-refractivity contribution < 1.29 is 18.8 Å². The van der Waals surface area contributed by atoms with Gasteiger partial charge >= 0.3 is 0 Å². The predicted octanol–water partition coefficient (Wildman–Crippen LogP) is 3.89. The zero-order chi connectivity index (χ0) is 20.5. The number of amides is 1. The summed E-state index contributed by atoms with van der Waals surface area (Å²) in [5.74, 6) is 2.07. The van der Waals surface area contributed by atoms with Crippen LogP contribution in [0.2, 0.25) is 0 Å². The maximum atomic E-state index is 12.6. The molecule has 1 saturated heterocycles. The Hall–Kier alpha value is -3.35. The first-order valence-electron chi connectivity index (χ1n) is 9.43. The normalized spacial score (nSPS) is 16.3. The van der Waals surface area contributed by atoms with Gasteiger partial charge in [-0.25, -0.2) is 0 Å². The molecule has 7 nitrogen and oxygen atoms in total. The number of ether oxygens (including phenoxy) is 2. The van der Waals surface area contributed by atoms with Gasteiger partial charge in [0.15, 0.2) is 11.5 Å². The van der Waals surface area contributed by atoms with Gasteiger partial charge in [-0.2, -0.15) is 4.98 Å². The molecule has 1 amide bonds. The molecule has 1 fully saturated rings. The third kappa shape index (κ3) is 3.55. The summed E-state index contributed by atoms with van der Waals surface area (Å²) in [6.45, 7) is 4.63. The van der Waals surface area contributed by atoms with Gasteiger partial charge in [0.05, 0.1) is 20.1 Å². The van der Waals surface area contributed by atoms with Gasteiger partial charge in [0.25, 0.3) is 0 Å². The Bertz CT molecular complexity index is 1060. The van der Waals surface area contributed by atoms with Gasteiger partial charge in [-0.05, 0) is 55.3 Å². The lowest BCUT2D eigenvalue weighted by molar-refractivity contribution is -0.117. The third-order valence-corrected chi connectivity index (χ3v) is 5.36. The van der Waals surface area contributed by atoms with E-state index in [0.717, 1.165) is 16.8 Å². The average molecular weight is 393 g/mol. The van der Waals surface area contributed by atoms with E-state index >= 15 is 0 Å². The van der Waals surface area contributed by atoms with Crippen LogP contribution in [0.3, 0.4) is 0 Å². The van der Waals surface area contributed by atoms with Gasteiger partial charge < -0.3 is 18.9 Å². The van der Waals surface area contributed by atoms with E-state index in [-0.39, 0.29) is 11.8 Å². The van der Waals surface area contributed by atoms with Gasteiger partial charge in [0.1, 0.15) is 0 Å². The highest BCUT2D eigenvalue weighted by molar-refractivity contribution is 5.96. The Morgan fingerprint density at radius 3 is 2.55 bits per heavy atom. The van der Waals surface area contributed by atoms with Crippen LogP contribution in [0.5, 0.6) is 11.5 Å². The second-order valence-corrected chi connectivity index (χ2v) is 7.20. The first-order chi connectivity index (χ1) is 14.0. The molecule has 0 spiro atoms. The lowest BCUT2D eigenvalue weighted by Crippen LogP contribution is -2.24. The van der Waals surface area contributed by atoms with Crippen LogP contribution in [0.4, 0.5) is 5.69 Å². The molecule has 150 valence electrons. The van der Waals surface area contributed by atoms with E-state index in [1.807, 2.05) is 31.2 Å². The fourth-order valence-electron chi connectivity index (χ4n) is 3.51. The second-order valence-electron chi connectivity index (χ2n) is 7.20. The highest BCUT2D eigenvalue weighted by Gasteiger charge is 2.35. The number of hydrogen-bond acceptors (Lipinski definition) is 6. The first kappa shape index (κ1) is 19.0. The molecule has 0 aliphatic carbocycles. The van der Waals surface area contributed by atoms with Crippen LogP contribution >= 0.6 is 0 Å². The molecule has 1 aromatic heterocycles. The van der Waals surface area contributed by atoms with Crippen molar-refractivity contribution in [1.29, 1.82) is 0 Å². The van der Waals surface area contributed by atoms with Crippen molar-refractivity contribution in [1.82, 2.24) is 10.1 Å². The second kappa shape index (κ2) is 7.58. The molecule has 0 saturated carbocycles. The average Bonchev–Trinajstić information content (AvgIpc) is 3.36. The quantitative estimate of drug-likeness (QED) is 0.654. The number of rotatable bonds is 5. The first-order valence-corrected chi connectivity index (χ1v) is 9.43. The van der Waals surface area contributed by atoms with Crippen LogP contribution in [-0.2, 0) is 4.79 Å². The van der Waals surface area contributed by atoms with Crippen LogP contribution in [0, 0.1) is 13.8 Å². The van der Waals surface area contributed by atoms with E-state index < -0.39 is 0 Å². The van der Waals surface area contributed by atoms with Gasteiger partial charge in [0.2, 0.25) is 17.6 Å². The molecular weight excluding hydrogens is 370 g/mol. The van der Waals surface area contributed by atoms with Crippen LogP contribution in [0.1, 0.15) is 29.4 Å². The lowest BCUT2D eigenvalue weighted by atomic mass is 10.1. The van der Waals surface area contributed by atoms with Gasteiger partial charge in [-0.15, -0.1) is 0 Å². The number of benzene rings is 2. The van der Waals surface area contributed by atoms with E-state index in [1.165, 1.54) is 5.56 Å². The number of aryl methyl sites for hydroxylation is 2. The monoisotopic (exact) mass is 393 g/mol. The number of nitrogens with zero attached hydrogens (tertiary/aromatic N) is 3. The van der Waals surface area contributed by atoms with E-state index in [2.05, 4.69) is 17.1 Å². The maximum Gasteiger partial charge on any atom is 0.232 e. The van der Waals surface area contributed by atoms with E-state index in [4.69, 9.17) is 14.0 Å². The van der Waals surface area contributed by atoms with Crippen molar-refractivity contribution in [3.8, 4) is 22.9 Å². The standard InChI is InChI=1S/C22H23N3O4/c1-13-5-7-17(9-14(13)2)25-12-16(11-20(25)26)22-23-21(24-29-22)15-6-8-18(27-3)19(10-15)28-4/h5-10,16H,11-12H2,1-4H3. The molecule has 1 aliphatic rings. The van der Waals surface area contributed by atoms with Crippen LogP contribution in [0.25, 0.3) is 11.4 Å². The third-order valence-electron chi connectivity index (χ3n) is 5.36. The van der Waals surface area contributed by atoms with Gasteiger partial charge in [-0.3, -0.25) is 4.79 Å². The predicted molar refractivity (Wildman–Crippen MR) is 108 cm³/mol. The molecule has 1 aliphatic heterocycles. The van der Waals surface area contributed by atoms with E-state index in [9.17, 15) is 4.79 Å². The Morgan fingerprint density at radius 2 is 1.83 bits per heavy atom. The number of carbonyl (C=O) groups is 1. The summed E-state index contributed by atoms with van der Waals surface area (Å²) in [7, 11) is 3.16. The zero-order valence-corrected chi connectivity index (χ0v) is 16.9. The fraction of sp³-hybridized carbons (Fsp3) is 0.318. The number of methoxy groups -OCH3 is 2. The molecule has 3 aromatic rings. The van der Waals surface area contributed by atoms with Gasteiger partial charge in [0, 0.05) is 24.2 Å². The molecule has 0 bridgehead atoms. The molecule has 0 N–H and O–H groups in total. The molecule has 1 atom stereocenters. The molecule has 2 aromatic carbocycles. The number of aromatic nitrogens is 2. The minimum atomic E-state index is -0.134. The highest BCUT2D eigenvalue weighted by atomic mass is 16.5. The van der Waals surface area contributed by atoms with Gasteiger partial charge in [-0.1, -0.05) is 11.2 Å². The van der Waals surface area contributed by atoms with Crippen molar-refractivity contribution in [3.05, 3.63) is 53.4 Å². The summed E-state index contributed by atoms with van der Waals surface area (Å²) >= 11 is 0. The SMILES string of the molecule is COc1ccc(-c2noc(C3CC(=O)N(c4ccc(C)c(C)c4)C3)n2)cc1OC. The Morgan fingerprint density at radius 1 is 1.03 bits per heavy atom. The van der Waals surface area contributed by atoms with E-state index in [0.29, 0.717) is 36.2 Å². The highest BCUT2D eigenvalue weighted by Crippen LogP contribution is 2.34. The summed E-state index contributed by atoms with van der Waals surface area (Å²) in [5, 5.41) is 4.10. The summed E-state index contributed by atoms with van der Waals surface area (Å²) in [6.07, 6.45) is 0.348. The largest absolute Gasteiger partial charge is 0.493 e. The summed E-state index contributed by atoms with van der Waals surface area (Å²) in [6, 6.07) is 11.5. The number of carbonyl (C=O) groups excluding carboxylic acids is 1. The molecule has 7 heteroatoms. The van der Waals surface area contributed by atoms with Crippen molar-refractivity contribution in [3.63, 3.8) is 0 Å². The van der Waals surface area contributed by atoms with Crippen molar-refractivity contribution in [2.24, 2.45) is 0 Å². The smallest absolute Gasteiger partial charge is 0.232 e. The zero-order valence-electron chi connectivity index (χ0n) is 16.9. The maximum absolute atomic E-state index is 12.6. The summed E-state index contributed by atoms with van der Waals surface area (Å²) in [5.41, 5.74) is 4.02. The molecule has 0 radical (unpaired) electrons. The molecule has 1 unspecified atom stereocenters. The van der Waals surface area contributed by atoms with Crippen molar-refractivity contribution in [2.45, 2.75) is 26.2 Å². The van der Waals surface area contributed by atoms with Crippen LogP contribution in [-0.4, -0.2) is 36.8 Å². The summed E-state index contributed by atoms with van der Waals surface area (Å²) in [4.78, 5) is 18.9. The lowest BCUT2D eigenvalue weighted by Gasteiger charge is -2.17. The van der Waals surface area contributed by atoms with Crippen molar-refractivity contribution in [2.75, 3.05) is 25.7 Å². The minimum absolute atomic E-state index is 0.0594. The summed E-state index contributed by atoms with van der Waals surface area (Å²) < 4.78 is 16.1. The number of hydrogen-bond donors (Lipinski definition) is 0. The molecule has 4 rings (SSSR count). The Labute approximate surface area is 169 Å². The topological polar surface area (TPSA) is 77.7 Å². The molecule has 2 heterocycles. The Kier molecular flexibility index (Phi) is 4.96. The van der Waals surface area contributed by atoms with Crippen LogP contribution in [0.15, 0.2) is 40.9 Å². The Balaban J connectivity index is 1.56. The van der Waals surface area contributed by atoms with E-state index in [1.54, 1.807) is 31.3 Å².